The van der Waals surface area contributed by atoms with Crippen molar-refractivity contribution >= 4 is 19.5 Å². The maximum absolute atomic E-state index is 11.8. The van der Waals surface area contributed by atoms with Gasteiger partial charge in [-0.05, 0) is 127 Å². The Morgan fingerprint density at radius 3 is 1.67 bits per heavy atom. The minimum atomic E-state index is -2.62. The van der Waals surface area contributed by atoms with Crippen molar-refractivity contribution < 1.29 is 28.8 Å². The molecule has 6 rings (SSSR count). The van der Waals surface area contributed by atoms with Crippen molar-refractivity contribution in [1.29, 1.82) is 9.56 Å². The third kappa shape index (κ3) is 11.0. The first-order valence-corrected chi connectivity index (χ1v) is 25.6. The molecule has 10 heteroatoms. The topological polar surface area (TPSA) is 163 Å². The van der Waals surface area contributed by atoms with Gasteiger partial charge in [0.2, 0.25) is 0 Å². The van der Waals surface area contributed by atoms with E-state index < -0.39 is 43.9 Å². The summed E-state index contributed by atoms with van der Waals surface area (Å²) in [6.07, 6.45) is 27.4. The molecule has 12 atom stereocenters. The molecule has 0 heterocycles. The smallest absolute Gasteiger partial charge is 0.0811 e. The van der Waals surface area contributed by atoms with Crippen LogP contribution in [0, 0.1) is 44.1 Å². The summed E-state index contributed by atoms with van der Waals surface area (Å²) >= 11 is 0. The molecule has 58 heavy (non-hydrogen) atoms. The number of rotatable bonds is 9. The lowest BCUT2D eigenvalue weighted by Gasteiger charge is -2.42. The number of aliphatic hydroxyl groups excluding tert-OH is 4. The zero-order chi connectivity index (χ0) is 42.8. The van der Waals surface area contributed by atoms with E-state index in [2.05, 4.69) is 77.3 Å². The third-order valence-electron chi connectivity index (χ3n) is 14.3. The standard InChI is InChI=1S/C24H37NO3S.C24H35NO3S/c2*1-16(11-13-29(4,25)28)21-9-10-22-18(6-5-12-24(21,22)3)7-8-19-14-20(26)15-23(27)17(19)2/h7-9,16,20,22-23,25-27H,2,5-6,10-15H2,1,3-4H3;7-9,11,13,16,20,22-23,25-27H,2,5-6,10,12,14-15H2,1,3-4H3/b18-7+,19-8-;13-11+,18-7+,19-8-/t2*16-,20-,22+,23+,24-,29?/m11/s1. The summed E-state index contributed by atoms with van der Waals surface area (Å²) in [5, 5.41) is 41.7. The number of aliphatic hydroxyl groups is 4. The van der Waals surface area contributed by atoms with E-state index >= 15 is 0 Å². The number of hydrogen-bond acceptors (Lipinski definition) is 8. The Morgan fingerprint density at radius 1 is 0.776 bits per heavy atom. The molecule has 0 amide bonds. The van der Waals surface area contributed by atoms with Crippen LogP contribution in [0.5, 0.6) is 0 Å². The summed E-state index contributed by atoms with van der Waals surface area (Å²) in [5.41, 5.74) is 9.37. The lowest BCUT2D eigenvalue weighted by molar-refractivity contribution is 0.0856. The largest absolute Gasteiger partial charge is 0.393 e. The van der Waals surface area contributed by atoms with Gasteiger partial charge in [0.25, 0.3) is 0 Å². The van der Waals surface area contributed by atoms with Gasteiger partial charge in [-0.3, -0.25) is 8.99 Å². The van der Waals surface area contributed by atoms with Gasteiger partial charge in [-0.1, -0.05) is 106 Å². The van der Waals surface area contributed by atoms with Gasteiger partial charge in [0.1, 0.15) is 0 Å². The predicted molar refractivity (Wildman–Crippen MR) is 240 cm³/mol. The molecule has 6 aliphatic rings. The lowest BCUT2D eigenvalue weighted by atomic mass is 9.62. The van der Waals surface area contributed by atoms with Crippen molar-refractivity contribution in [3.05, 3.63) is 106 Å². The van der Waals surface area contributed by atoms with Crippen LogP contribution in [0.2, 0.25) is 0 Å². The molecule has 0 radical (unpaired) electrons. The van der Waals surface area contributed by atoms with Gasteiger partial charge in [0.05, 0.1) is 34.1 Å². The molecule has 322 valence electrons. The van der Waals surface area contributed by atoms with Gasteiger partial charge in [0.15, 0.2) is 0 Å². The fourth-order valence-electron chi connectivity index (χ4n) is 11.0. The number of fused-ring (bicyclic) bond motifs is 2. The summed E-state index contributed by atoms with van der Waals surface area (Å²) in [6.45, 7) is 17.1. The molecule has 0 bridgehead atoms. The Kier molecular flexibility index (Phi) is 14.9. The van der Waals surface area contributed by atoms with E-state index in [0.717, 1.165) is 73.7 Å². The lowest BCUT2D eigenvalue weighted by Crippen LogP contribution is -2.33. The van der Waals surface area contributed by atoms with Crippen LogP contribution in [0.25, 0.3) is 0 Å². The zero-order valence-electron chi connectivity index (χ0n) is 36.0. The van der Waals surface area contributed by atoms with E-state index in [9.17, 15) is 28.8 Å². The molecule has 0 aromatic carbocycles. The van der Waals surface area contributed by atoms with Crippen LogP contribution in [0.15, 0.2) is 106 Å². The normalized spacial score (nSPS) is 38.7. The highest BCUT2D eigenvalue weighted by atomic mass is 32.2. The highest BCUT2D eigenvalue weighted by Gasteiger charge is 2.47. The van der Waals surface area contributed by atoms with E-state index in [1.54, 1.807) is 5.41 Å². The molecule has 4 fully saturated rings. The molecule has 0 aliphatic heterocycles. The molecule has 0 aromatic heterocycles. The molecule has 0 saturated heterocycles. The Hall–Kier alpha value is -2.60. The summed E-state index contributed by atoms with van der Waals surface area (Å²) in [5.74, 6) is 1.94. The van der Waals surface area contributed by atoms with E-state index in [-0.39, 0.29) is 16.7 Å². The van der Waals surface area contributed by atoms with Gasteiger partial charge in [-0.25, -0.2) is 8.99 Å². The van der Waals surface area contributed by atoms with Crippen molar-refractivity contribution in [3.8, 4) is 0 Å². The maximum atomic E-state index is 11.8. The van der Waals surface area contributed by atoms with Gasteiger partial charge in [-0.2, -0.15) is 0 Å². The van der Waals surface area contributed by atoms with Crippen LogP contribution in [-0.4, -0.2) is 71.5 Å². The molecule has 0 aromatic rings. The Morgan fingerprint density at radius 2 is 1.22 bits per heavy atom. The van der Waals surface area contributed by atoms with Gasteiger partial charge in [0, 0.05) is 46.2 Å². The number of hydrogen-bond donors (Lipinski definition) is 6. The Labute approximate surface area is 350 Å². The second kappa shape index (κ2) is 18.6. The van der Waals surface area contributed by atoms with E-state index in [4.69, 9.17) is 9.56 Å². The minimum absolute atomic E-state index is 0.0889. The SMILES string of the molecule is C=C1/C(=C\C=C2/CCC[C@]3(C)C([C@H](C)/C=C/S(C)(=N)=O)=CC[C@@H]23)C[C@@H](O)C[C@@H]1O.C=C1/C(=C\C=C2/CCC[C@]3(C)C([C@H](C)CCS(C)(=N)=O)=CC[C@@H]23)C[C@@H](O)C[C@@H]1O. The summed E-state index contributed by atoms with van der Waals surface area (Å²) in [4.78, 5) is 0. The van der Waals surface area contributed by atoms with E-state index in [1.165, 1.54) is 41.2 Å². The quantitative estimate of drug-likeness (QED) is 0.127. The first-order valence-electron chi connectivity index (χ1n) is 21.5. The van der Waals surface area contributed by atoms with Crippen molar-refractivity contribution in [3.63, 3.8) is 0 Å². The number of allylic oxidation sites excluding steroid dienone is 11. The van der Waals surface area contributed by atoms with Crippen LogP contribution in [0.3, 0.4) is 0 Å². The van der Waals surface area contributed by atoms with Crippen molar-refractivity contribution in [2.75, 3.05) is 18.3 Å². The van der Waals surface area contributed by atoms with Crippen molar-refractivity contribution in [1.82, 2.24) is 0 Å². The van der Waals surface area contributed by atoms with Crippen molar-refractivity contribution in [2.24, 2.45) is 34.5 Å². The van der Waals surface area contributed by atoms with E-state index in [0.29, 0.717) is 49.2 Å². The van der Waals surface area contributed by atoms with Crippen molar-refractivity contribution in [2.45, 2.75) is 136 Å². The monoisotopic (exact) mass is 836 g/mol. The summed E-state index contributed by atoms with van der Waals surface area (Å²) in [7, 11) is -5.06. The minimum Gasteiger partial charge on any atom is -0.393 e. The maximum Gasteiger partial charge on any atom is 0.0811 e. The average Bonchev–Trinajstić information content (AvgIpc) is 3.68. The molecule has 8 nitrogen and oxygen atoms in total. The molecule has 0 spiro atoms. The van der Waals surface area contributed by atoms with Crippen LogP contribution in [0.4, 0.5) is 0 Å². The average molecular weight is 837 g/mol. The Bertz CT molecular complexity index is 2030. The molecular weight excluding hydrogens is 765 g/mol. The first kappa shape index (κ1) is 46.5. The summed E-state index contributed by atoms with van der Waals surface area (Å²) in [6, 6.07) is 0. The number of nitrogens with one attached hydrogen (secondary N) is 2. The fourth-order valence-corrected chi connectivity index (χ4v) is 12.4. The van der Waals surface area contributed by atoms with Gasteiger partial charge >= 0.3 is 0 Å². The van der Waals surface area contributed by atoms with Crippen LogP contribution >= 0.6 is 0 Å². The fraction of sp³-hybridized carbons (Fsp3) is 0.625. The second-order valence-electron chi connectivity index (χ2n) is 19.0. The second-order valence-corrected chi connectivity index (χ2v) is 23.5. The van der Waals surface area contributed by atoms with E-state index in [1.807, 2.05) is 6.08 Å². The van der Waals surface area contributed by atoms with Crippen LogP contribution < -0.4 is 0 Å². The van der Waals surface area contributed by atoms with Crippen LogP contribution in [0.1, 0.15) is 111 Å². The zero-order valence-corrected chi connectivity index (χ0v) is 37.6. The molecule has 6 N–H and O–H groups in total. The molecule has 2 unspecified atom stereocenters. The highest BCUT2D eigenvalue weighted by Crippen LogP contribution is 2.58. The third-order valence-corrected chi connectivity index (χ3v) is 16.0. The molecule has 6 aliphatic carbocycles. The van der Waals surface area contributed by atoms with Gasteiger partial charge < -0.3 is 20.4 Å². The summed E-state index contributed by atoms with van der Waals surface area (Å²) < 4.78 is 38.9. The first-order chi connectivity index (χ1) is 27.0. The molecular formula is C48H72N2O6S2. The Balaban J connectivity index is 0.000000221. The predicted octanol–water partition coefficient (Wildman–Crippen LogP) is 9.62. The van der Waals surface area contributed by atoms with Gasteiger partial charge in [-0.15, -0.1) is 0 Å². The van der Waals surface area contributed by atoms with Crippen LogP contribution in [-0.2, 0) is 19.5 Å². The highest BCUT2D eigenvalue weighted by molar-refractivity contribution is 7.94. The molecule has 4 saturated carbocycles.